The van der Waals surface area contributed by atoms with Gasteiger partial charge in [-0.3, -0.25) is 4.79 Å². The molecule has 122 valence electrons. The summed E-state index contributed by atoms with van der Waals surface area (Å²) >= 11 is 0. The Morgan fingerprint density at radius 1 is 1.12 bits per heavy atom. The number of pyridine rings is 1. The number of anilines is 1. The first kappa shape index (κ1) is 15.7. The van der Waals surface area contributed by atoms with Crippen molar-refractivity contribution in [1.82, 2.24) is 15.1 Å². The first-order valence-corrected chi connectivity index (χ1v) is 7.38. The Morgan fingerprint density at radius 2 is 1.96 bits per heavy atom. The van der Waals surface area contributed by atoms with Gasteiger partial charge in [0.15, 0.2) is 12.4 Å². The van der Waals surface area contributed by atoms with Crippen LogP contribution in [-0.2, 0) is 4.79 Å². The van der Waals surface area contributed by atoms with E-state index in [9.17, 15) is 4.79 Å². The van der Waals surface area contributed by atoms with Crippen molar-refractivity contribution in [3.05, 3.63) is 54.0 Å². The Labute approximate surface area is 138 Å². The van der Waals surface area contributed by atoms with Crippen LogP contribution in [0.4, 0.5) is 5.82 Å². The van der Waals surface area contributed by atoms with Crippen LogP contribution in [0.3, 0.4) is 0 Å². The smallest absolute Gasteiger partial charge is 0.263 e. The predicted molar refractivity (Wildman–Crippen MR) is 87.6 cm³/mol. The standard InChI is InChI=1S/C17H16N4O3/c1-11-6-5-9-15(18-11)20-16(22)10-23-14-8-4-3-7-13(14)17-19-12(2)21-24-17/h3-9H,10H2,1-2H3,(H,18,20,22). The lowest BCUT2D eigenvalue weighted by atomic mass is 10.2. The Morgan fingerprint density at radius 3 is 2.71 bits per heavy atom. The maximum Gasteiger partial charge on any atom is 0.263 e. The Kier molecular flexibility index (Phi) is 4.51. The summed E-state index contributed by atoms with van der Waals surface area (Å²) < 4.78 is 10.8. The van der Waals surface area contributed by atoms with Gasteiger partial charge < -0.3 is 14.6 Å². The summed E-state index contributed by atoms with van der Waals surface area (Å²) in [5, 5.41) is 6.45. The van der Waals surface area contributed by atoms with E-state index in [2.05, 4.69) is 20.4 Å². The van der Waals surface area contributed by atoms with Gasteiger partial charge in [0.1, 0.15) is 11.6 Å². The van der Waals surface area contributed by atoms with Gasteiger partial charge in [-0.25, -0.2) is 4.98 Å². The fourth-order valence-electron chi connectivity index (χ4n) is 2.11. The van der Waals surface area contributed by atoms with Gasteiger partial charge in [0, 0.05) is 5.69 Å². The summed E-state index contributed by atoms with van der Waals surface area (Å²) in [7, 11) is 0. The molecule has 1 aromatic carbocycles. The van der Waals surface area contributed by atoms with Crippen LogP contribution < -0.4 is 10.1 Å². The molecule has 0 saturated heterocycles. The molecule has 0 aliphatic rings. The van der Waals surface area contributed by atoms with Gasteiger partial charge >= 0.3 is 0 Å². The summed E-state index contributed by atoms with van der Waals surface area (Å²) in [6, 6.07) is 12.6. The number of amides is 1. The van der Waals surface area contributed by atoms with E-state index in [1.165, 1.54) is 0 Å². The van der Waals surface area contributed by atoms with Gasteiger partial charge in [0.05, 0.1) is 5.56 Å². The normalized spacial score (nSPS) is 10.4. The third-order valence-corrected chi connectivity index (χ3v) is 3.16. The number of para-hydroxylation sites is 1. The zero-order valence-electron chi connectivity index (χ0n) is 13.3. The van der Waals surface area contributed by atoms with Crippen molar-refractivity contribution in [2.75, 3.05) is 11.9 Å². The van der Waals surface area contributed by atoms with Gasteiger partial charge in [0.2, 0.25) is 0 Å². The molecule has 0 spiro atoms. The van der Waals surface area contributed by atoms with Crippen molar-refractivity contribution in [1.29, 1.82) is 0 Å². The average molecular weight is 324 g/mol. The lowest BCUT2D eigenvalue weighted by Gasteiger charge is -2.09. The van der Waals surface area contributed by atoms with Crippen molar-refractivity contribution in [2.45, 2.75) is 13.8 Å². The highest BCUT2D eigenvalue weighted by Crippen LogP contribution is 2.28. The van der Waals surface area contributed by atoms with Crippen LogP contribution in [0.5, 0.6) is 5.75 Å². The van der Waals surface area contributed by atoms with E-state index >= 15 is 0 Å². The second kappa shape index (κ2) is 6.91. The minimum Gasteiger partial charge on any atom is -0.483 e. The number of nitrogens with one attached hydrogen (secondary N) is 1. The van der Waals surface area contributed by atoms with Crippen LogP contribution in [0, 0.1) is 13.8 Å². The molecule has 0 aliphatic heterocycles. The Bertz CT molecular complexity index is 860. The first-order chi connectivity index (χ1) is 11.6. The van der Waals surface area contributed by atoms with Crippen LogP contribution in [-0.4, -0.2) is 27.6 Å². The van der Waals surface area contributed by atoms with Crippen molar-refractivity contribution in [3.8, 4) is 17.2 Å². The van der Waals surface area contributed by atoms with Crippen molar-refractivity contribution in [3.63, 3.8) is 0 Å². The molecule has 3 rings (SSSR count). The molecule has 1 N–H and O–H groups in total. The monoisotopic (exact) mass is 324 g/mol. The molecule has 3 aromatic rings. The number of nitrogens with zero attached hydrogens (tertiary/aromatic N) is 3. The van der Waals surface area contributed by atoms with Crippen molar-refractivity contribution >= 4 is 11.7 Å². The zero-order chi connectivity index (χ0) is 16.9. The highest BCUT2D eigenvalue weighted by Gasteiger charge is 2.13. The third-order valence-electron chi connectivity index (χ3n) is 3.16. The van der Waals surface area contributed by atoms with Gasteiger partial charge in [-0.15, -0.1) is 0 Å². The number of aromatic nitrogens is 3. The second-order valence-electron chi connectivity index (χ2n) is 5.14. The predicted octanol–water partition coefficient (Wildman–Crippen LogP) is 2.77. The van der Waals surface area contributed by atoms with E-state index < -0.39 is 0 Å². The van der Waals surface area contributed by atoms with E-state index in [1.54, 1.807) is 25.1 Å². The molecule has 0 bridgehead atoms. The zero-order valence-corrected chi connectivity index (χ0v) is 13.3. The van der Waals surface area contributed by atoms with Crippen LogP contribution in [0.2, 0.25) is 0 Å². The lowest BCUT2D eigenvalue weighted by Crippen LogP contribution is -2.21. The number of ether oxygens (including phenoxy) is 1. The molecule has 0 atom stereocenters. The Balaban J connectivity index is 1.67. The summed E-state index contributed by atoms with van der Waals surface area (Å²) in [5.74, 6) is 1.56. The number of carbonyl (C=O) groups excluding carboxylic acids is 1. The second-order valence-corrected chi connectivity index (χ2v) is 5.14. The SMILES string of the molecule is Cc1cccc(NC(=O)COc2ccccc2-c2nc(C)no2)n1. The maximum atomic E-state index is 12.0. The molecule has 0 radical (unpaired) electrons. The molecule has 2 aromatic heterocycles. The quantitative estimate of drug-likeness (QED) is 0.776. The highest BCUT2D eigenvalue weighted by atomic mass is 16.5. The molecule has 7 nitrogen and oxygen atoms in total. The summed E-state index contributed by atoms with van der Waals surface area (Å²) in [6.07, 6.45) is 0. The van der Waals surface area contributed by atoms with E-state index in [0.29, 0.717) is 28.8 Å². The van der Waals surface area contributed by atoms with E-state index in [0.717, 1.165) is 5.69 Å². The van der Waals surface area contributed by atoms with Gasteiger partial charge in [-0.2, -0.15) is 4.98 Å². The first-order valence-electron chi connectivity index (χ1n) is 7.38. The number of hydrogen-bond acceptors (Lipinski definition) is 6. The van der Waals surface area contributed by atoms with Gasteiger partial charge in [-0.1, -0.05) is 23.4 Å². The van der Waals surface area contributed by atoms with Gasteiger partial charge in [-0.05, 0) is 38.1 Å². The fourth-order valence-corrected chi connectivity index (χ4v) is 2.11. The van der Waals surface area contributed by atoms with Crippen LogP contribution in [0.15, 0.2) is 47.0 Å². The molecule has 2 heterocycles. The van der Waals surface area contributed by atoms with Crippen LogP contribution in [0.1, 0.15) is 11.5 Å². The topological polar surface area (TPSA) is 90.1 Å². The van der Waals surface area contributed by atoms with E-state index in [4.69, 9.17) is 9.26 Å². The number of benzene rings is 1. The summed E-state index contributed by atoms with van der Waals surface area (Å²) in [6.45, 7) is 3.44. The molecule has 0 unspecified atom stereocenters. The summed E-state index contributed by atoms with van der Waals surface area (Å²) in [4.78, 5) is 20.4. The average Bonchev–Trinajstić information content (AvgIpc) is 2.99. The number of rotatable bonds is 5. The van der Waals surface area contributed by atoms with E-state index in [1.807, 2.05) is 31.2 Å². The molecule has 1 amide bonds. The third kappa shape index (κ3) is 3.75. The fraction of sp³-hybridized carbons (Fsp3) is 0.176. The van der Waals surface area contributed by atoms with E-state index in [-0.39, 0.29) is 12.5 Å². The lowest BCUT2D eigenvalue weighted by molar-refractivity contribution is -0.118. The summed E-state index contributed by atoms with van der Waals surface area (Å²) in [5.41, 5.74) is 1.46. The number of hydrogen-bond donors (Lipinski definition) is 1. The molecule has 24 heavy (non-hydrogen) atoms. The molecule has 0 saturated carbocycles. The molecular formula is C17H16N4O3. The number of carbonyl (C=O) groups is 1. The number of aryl methyl sites for hydroxylation is 2. The highest BCUT2D eigenvalue weighted by molar-refractivity contribution is 5.91. The van der Waals surface area contributed by atoms with Crippen LogP contribution >= 0.6 is 0 Å². The largest absolute Gasteiger partial charge is 0.483 e. The van der Waals surface area contributed by atoms with Gasteiger partial charge in [0.25, 0.3) is 11.8 Å². The maximum absolute atomic E-state index is 12.0. The minimum atomic E-state index is -0.301. The van der Waals surface area contributed by atoms with Crippen molar-refractivity contribution < 1.29 is 14.1 Å². The molecule has 0 fully saturated rings. The van der Waals surface area contributed by atoms with Crippen LogP contribution in [0.25, 0.3) is 11.5 Å². The minimum absolute atomic E-state index is 0.153. The molecule has 0 aliphatic carbocycles. The molecule has 7 heteroatoms. The molecular weight excluding hydrogens is 308 g/mol. The Hall–Kier alpha value is -3.22. The van der Waals surface area contributed by atoms with Crippen molar-refractivity contribution in [2.24, 2.45) is 0 Å².